The van der Waals surface area contributed by atoms with Crippen LogP contribution >= 0.6 is 0 Å². The van der Waals surface area contributed by atoms with Crippen molar-refractivity contribution in [2.24, 2.45) is 0 Å². The van der Waals surface area contributed by atoms with E-state index in [0.29, 0.717) is 5.75 Å². The van der Waals surface area contributed by atoms with E-state index >= 15 is 0 Å². The Hall–Kier alpha value is -1.62. The van der Waals surface area contributed by atoms with Crippen LogP contribution in [0.15, 0.2) is 36.4 Å². The SMILES string of the molecule is C[C@H](C[S@@](C)=O)NC(=O)N1[C@@H]2CC[C@@H]1C=C(c1ccccc1)C2. The van der Waals surface area contributed by atoms with Gasteiger partial charge in [-0.15, -0.1) is 0 Å². The molecule has 0 aliphatic carbocycles. The van der Waals surface area contributed by atoms with E-state index < -0.39 is 10.8 Å². The molecule has 0 aromatic heterocycles. The fourth-order valence-electron chi connectivity index (χ4n) is 3.69. The molecule has 0 unspecified atom stereocenters. The third kappa shape index (κ3) is 3.66. The van der Waals surface area contributed by atoms with E-state index in [9.17, 15) is 9.00 Å². The largest absolute Gasteiger partial charge is 0.335 e. The lowest BCUT2D eigenvalue weighted by molar-refractivity contribution is 0.177. The zero-order valence-electron chi connectivity index (χ0n) is 13.7. The average Bonchev–Trinajstić information content (AvgIpc) is 2.77. The van der Waals surface area contributed by atoms with Gasteiger partial charge in [0.05, 0.1) is 6.04 Å². The Balaban J connectivity index is 1.71. The van der Waals surface area contributed by atoms with Crippen LogP contribution in [-0.2, 0) is 10.8 Å². The van der Waals surface area contributed by atoms with E-state index in [4.69, 9.17) is 0 Å². The fraction of sp³-hybridized carbons (Fsp3) is 0.500. The number of urea groups is 1. The highest BCUT2D eigenvalue weighted by molar-refractivity contribution is 7.84. The average molecular weight is 332 g/mol. The first-order valence-corrected chi connectivity index (χ1v) is 9.92. The van der Waals surface area contributed by atoms with Crippen molar-refractivity contribution in [2.45, 2.75) is 44.3 Å². The summed E-state index contributed by atoms with van der Waals surface area (Å²) in [6.45, 7) is 1.91. The zero-order valence-corrected chi connectivity index (χ0v) is 14.5. The van der Waals surface area contributed by atoms with Crippen LogP contribution in [0.4, 0.5) is 4.79 Å². The summed E-state index contributed by atoms with van der Waals surface area (Å²) in [6, 6.07) is 10.8. The lowest BCUT2D eigenvalue weighted by Crippen LogP contribution is -2.51. The van der Waals surface area contributed by atoms with Crippen molar-refractivity contribution in [1.82, 2.24) is 10.2 Å². The van der Waals surface area contributed by atoms with Crippen LogP contribution in [0, 0.1) is 0 Å². The molecule has 1 aromatic rings. The minimum Gasteiger partial charge on any atom is -0.335 e. The fourth-order valence-corrected chi connectivity index (χ4v) is 4.48. The van der Waals surface area contributed by atoms with Gasteiger partial charge in [0.15, 0.2) is 0 Å². The molecule has 3 rings (SSSR count). The van der Waals surface area contributed by atoms with Crippen LogP contribution in [-0.4, -0.2) is 45.3 Å². The third-order valence-corrected chi connectivity index (χ3v) is 5.60. The van der Waals surface area contributed by atoms with Crippen molar-refractivity contribution in [1.29, 1.82) is 0 Å². The quantitative estimate of drug-likeness (QED) is 0.922. The van der Waals surface area contributed by atoms with E-state index in [1.54, 1.807) is 6.26 Å². The molecular weight excluding hydrogens is 308 g/mol. The predicted molar refractivity (Wildman–Crippen MR) is 94.6 cm³/mol. The minimum atomic E-state index is -0.895. The molecule has 1 fully saturated rings. The molecular formula is C18H24N2O2S. The highest BCUT2D eigenvalue weighted by Gasteiger charge is 2.39. The lowest BCUT2D eigenvalue weighted by atomic mass is 9.95. The molecule has 4 nitrogen and oxygen atoms in total. The summed E-state index contributed by atoms with van der Waals surface area (Å²) in [5.74, 6) is 0.500. The second-order valence-electron chi connectivity index (χ2n) is 6.56. The van der Waals surface area contributed by atoms with Crippen molar-refractivity contribution in [3.8, 4) is 0 Å². The Bertz CT molecular complexity index is 629. The number of nitrogens with one attached hydrogen (secondary N) is 1. The van der Waals surface area contributed by atoms with Crippen LogP contribution in [0.3, 0.4) is 0 Å². The molecule has 2 aliphatic rings. The van der Waals surface area contributed by atoms with E-state index in [-0.39, 0.29) is 24.2 Å². The molecule has 1 N–H and O–H groups in total. The number of carbonyl (C=O) groups is 1. The maximum atomic E-state index is 12.6. The Labute approximate surface area is 140 Å². The van der Waals surface area contributed by atoms with Crippen molar-refractivity contribution in [3.05, 3.63) is 42.0 Å². The number of benzene rings is 1. The maximum absolute atomic E-state index is 12.6. The summed E-state index contributed by atoms with van der Waals surface area (Å²) in [7, 11) is -0.895. The van der Waals surface area contributed by atoms with Crippen molar-refractivity contribution in [2.75, 3.05) is 12.0 Å². The Morgan fingerprint density at radius 2 is 2.09 bits per heavy atom. The van der Waals surface area contributed by atoms with E-state index in [1.807, 2.05) is 17.9 Å². The Morgan fingerprint density at radius 1 is 1.35 bits per heavy atom. The molecule has 124 valence electrons. The van der Waals surface area contributed by atoms with Gasteiger partial charge in [-0.05, 0) is 37.3 Å². The summed E-state index contributed by atoms with van der Waals surface area (Å²) >= 11 is 0. The molecule has 2 aliphatic heterocycles. The normalized spacial score (nSPS) is 25.7. The molecule has 1 aromatic carbocycles. The van der Waals surface area contributed by atoms with Gasteiger partial charge in [-0.25, -0.2) is 4.79 Å². The summed E-state index contributed by atoms with van der Waals surface area (Å²) in [5.41, 5.74) is 2.61. The van der Waals surface area contributed by atoms with Crippen molar-refractivity contribution < 1.29 is 9.00 Å². The summed E-state index contributed by atoms with van der Waals surface area (Å²) in [6.07, 6.45) is 6.92. The molecule has 4 atom stereocenters. The number of nitrogens with zero attached hydrogens (tertiary/aromatic N) is 1. The first-order valence-electron chi connectivity index (χ1n) is 8.19. The molecule has 0 radical (unpaired) electrons. The molecule has 23 heavy (non-hydrogen) atoms. The number of hydrogen-bond acceptors (Lipinski definition) is 2. The molecule has 1 saturated heterocycles. The first kappa shape index (κ1) is 16.2. The van der Waals surface area contributed by atoms with Crippen LogP contribution in [0.25, 0.3) is 5.57 Å². The number of rotatable bonds is 4. The zero-order chi connectivity index (χ0) is 16.4. The van der Waals surface area contributed by atoms with Gasteiger partial charge in [0.1, 0.15) is 0 Å². The highest BCUT2D eigenvalue weighted by atomic mass is 32.2. The molecule has 2 bridgehead atoms. The molecule has 2 heterocycles. The molecule has 2 amide bonds. The molecule has 0 spiro atoms. The van der Waals surface area contributed by atoms with E-state index in [2.05, 4.69) is 35.7 Å². The minimum absolute atomic E-state index is 0.0150. The lowest BCUT2D eigenvalue weighted by Gasteiger charge is -2.35. The molecule has 5 heteroatoms. The van der Waals surface area contributed by atoms with E-state index in [1.165, 1.54) is 11.1 Å². The summed E-state index contributed by atoms with van der Waals surface area (Å²) in [4.78, 5) is 14.6. The summed E-state index contributed by atoms with van der Waals surface area (Å²) in [5, 5.41) is 3.00. The van der Waals surface area contributed by atoms with Crippen molar-refractivity contribution >= 4 is 22.4 Å². The van der Waals surface area contributed by atoms with Gasteiger partial charge in [0, 0.05) is 34.9 Å². The standard InChI is InChI=1S/C18H24N2O2S/c1-13(12-23(2)22)19-18(21)20-16-8-9-17(20)11-15(10-16)14-6-4-3-5-7-14/h3-7,10,13,16-17H,8-9,11-12H2,1-2H3,(H,19,21)/t13-,16-,17-,23-/m1/s1. The van der Waals surface area contributed by atoms with Gasteiger partial charge in [0.25, 0.3) is 0 Å². The van der Waals surface area contributed by atoms with Crippen molar-refractivity contribution in [3.63, 3.8) is 0 Å². The smallest absolute Gasteiger partial charge is 0.318 e. The van der Waals surface area contributed by atoms with Gasteiger partial charge >= 0.3 is 6.03 Å². The Morgan fingerprint density at radius 3 is 2.74 bits per heavy atom. The van der Waals surface area contributed by atoms with Gasteiger partial charge in [-0.2, -0.15) is 0 Å². The van der Waals surface area contributed by atoms with Gasteiger partial charge in [0.2, 0.25) is 0 Å². The van der Waals surface area contributed by atoms with E-state index in [0.717, 1.165) is 19.3 Å². The summed E-state index contributed by atoms with van der Waals surface area (Å²) < 4.78 is 11.3. The number of carbonyl (C=O) groups excluding carboxylic acids is 1. The van der Waals surface area contributed by atoms with Crippen LogP contribution in [0.2, 0.25) is 0 Å². The monoisotopic (exact) mass is 332 g/mol. The van der Waals surface area contributed by atoms with Crippen LogP contribution in [0.1, 0.15) is 31.7 Å². The van der Waals surface area contributed by atoms with Gasteiger partial charge < -0.3 is 10.2 Å². The third-order valence-electron chi connectivity index (χ3n) is 4.63. The molecule has 0 saturated carbocycles. The number of hydrogen-bond donors (Lipinski definition) is 1. The maximum Gasteiger partial charge on any atom is 0.318 e. The second-order valence-corrected chi connectivity index (χ2v) is 8.04. The second kappa shape index (κ2) is 6.87. The first-order chi connectivity index (χ1) is 11.0. The highest BCUT2D eigenvalue weighted by Crippen LogP contribution is 2.38. The van der Waals surface area contributed by atoms with Gasteiger partial charge in [-0.3, -0.25) is 4.21 Å². The van der Waals surface area contributed by atoms with Crippen LogP contribution < -0.4 is 5.32 Å². The van der Waals surface area contributed by atoms with Crippen LogP contribution in [0.5, 0.6) is 0 Å². The number of amides is 2. The topological polar surface area (TPSA) is 49.4 Å². The Kier molecular flexibility index (Phi) is 4.85. The number of fused-ring (bicyclic) bond motifs is 2. The predicted octanol–water partition coefficient (Wildman–Crippen LogP) is 2.78. The van der Waals surface area contributed by atoms with Gasteiger partial charge in [-0.1, -0.05) is 36.4 Å².